The number of urea groups is 1. The fourth-order valence-corrected chi connectivity index (χ4v) is 3.06. The first kappa shape index (κ1) is 16.7. The van der Waals surface area contributed by atoms with Gasteiger partial charge in [-0.2, -0.15) is 0 Å². The Morgan fingerprint density at radius 2 is 1.73 bits per heavy atom. The van der Waals surface area contributed by atoms with Crippen LogP contribution in [0, 0.1) is 0 Å². The van der Waals surface area contributed by atoms with Gasteiger partial charge in [0.05, 0.1) is 15.7 Å². The minimum absolute atomic E-state index is 0.00124. The Kier molecular flexibility index (Phi) is 5.74. The van der Waals surface area contributed by atoms with Gasteiger partial charge in [-0.1, -0.05) is 29.3 Å². The molecule has 0 bridgehead atoms. The van der Waals surface area contributed by atoms with Crippen LogP contribution in [0.2, 0.25) is 10.0 Å². The summed E-state index contributed by atoms with van der Waals surface area (Å²) in [6.45, 7) is 2.77. The molecule has 1 fully saturated rings. The molecule has 2 rings (SSSR count). The van der Waals surface area contributed by atoms with Gasteiger partial charge in [-0.3, -0.25) is 4.79 Å². The number of piperazine rings is 1. The number of para-hydroxylation sites is 1. The smallest absolute Gasteiger partial charge is 0.312 e. The summed E-state index contributed by atoms with van der Waals surface area (Å²) < 4.78 is 0. The third-order valence-corrected chi connectivity index (χ3v) is 4.13. The van der Waals surface area contributed by atoms with Gasteiger partial charge in [0.2, 0.25) is 5.91 Å². The van der Waals surface area contributed by atoms with Gasteiger partial charge in [-0.15, -0.1) is 0 Å². The average molecular weight is 345 g/mol. The maximum absolute atomic E-state index is 12.0. The lowest BCUT2D eigenvalue weighted by Gasteiger charge is -2.37. The molecule has 3 N–H and O–H groups in total. The maximum atomic E-state index is 12.0. The van der Waals surface area contributed by atoms with Gasteiger partial charge in [-0.25, -0.2) is 4.79 Å². The van der Waals surface area contributed by atoms with Crippen molar-refractivity contribution < 1.29 is 9.59 Å². The van der Waals surface area contributed by atoms with Crippen molar-refractivity contribution in [2.45, 2.75) is 6.42 Å². The highest BCUT2D eigenvalue weighted by Crippen LogP contribution is 2.33. The summed E-state index contributed by atoms with van der Waals surface area (Å²) in [4.78, 5) is 26.4. The van der Waals surface area contributed by atoms with E-state index in [-0.39, 0.29) is 18.9 Å². The van der Waals surface area contributed by atoms with Crippen molar-refractivity contribution in [3.63, 3.8) is 0 Å². The third kappa shape index (κ3) is 4.18. The lowest BCUT2D eigenvalue weighted by atomic mass is 10.2. The topological polar surface area (TPSA) is 78.7 Å². The number of hydrogen-bond acceptors (Lipinski definition) is 3. The Hall–Kier alpha value is -1.66. The first-order valence-electron chi connectivity index (χ1n) is 6.99. The quantitative estimate of drug-likeness (QED) is 0.872. The van der Waals surface area contributed by atoms with Crippen LogP contribution in [0.3, 0.4) is 0 Å². The zero-order valence-electron chi connectivity index (χ0n) is 12.0. The molecule has 8 heteroatoms. The molecule has 0 aliphatic carbocycles. The number of nitrogens with one attached hydrogen (secondary N) is 1. The van der Waals surface area contributed by atoms with Crippen LogP contribution in [0.5, 0.6) is 0 Å². The monoisotopic (exact) mass is 344 g/mol. The summed E-state index contributed by atoms with van der Waals surface area (Å²) >= 11 is 12.4. The first-order chi connectivity index (χ1) is 10.5. The highest BCUT2D eigenvalue weighted by molar-refractivity contribution is 6.39. The van der Waals surface area contributed by atoms with E-state index >= 15 is 0 Å². The molecule has 1 aromatic carbocycles. The van der Waals surface area contributed by atoms with E-state index in [0.29, 0.717) is 36.2 Å². The lowest BCUT2D eigenvalue weighted by Crippen LogP contribution is -2.49. The van der Waals surface area contributed by atoms with Crippen molar-refractivity contribution in [3.8, 4) is 0 Å². The van der Waals surface area contributed by atoms with E-state index in [1.165, 1.54) is 0 Å². The molecule has 0 radical (unpaired) electrons. The molecule has 3 amide bonds. The number of amides is 3. The van der Waals surface area contributed by atoms with Crippen LogP contribution in [0.25, 0.3) is 0 Å². The van der Waals surface area contributed by atoms with E-state index in [0.717, 1.165) is 5.69 Å². The van der Waals surface area contributed by atoms with E-state index in [4.69, 9.17) is 28.9 Å². The number of rotatable bonds is 4. The summed E-state index contributed by atoms with van der Waals surface area (Å²) in [5.41, 5.74) is 5.77. The van der Waals surface area contributed by atoms with Crippen LogP contribution in [-0.2, 0) is 4.79 Å². The van der Waals surface area contributed by atoms with Crippen LogP contribution in [-0.4, -0.2) is 49.6 Å². The van der Waals surface area contributed by atoms with Crippen molar-refractivity contribution in [1.82, 2.24) is 10.2 Å². The van der Waals surface area contributed by atoms with E-state index in [2.05, 4.69) is 10.2 Å². The molecule has 1 saturated heterocycles. The fourth-order valence-electron chi connectivity index (χ4n) is 2.42. The second kappa shape index (κ2) is 7.56. The van der Waals surface area contributed by atoms with Crippen LogP contribution >= 0.6 is 23.2 Å². The van der Waals surface area contributed by atoms with Gasteiger partial charge in [0.15, 0.2) is 0 Å². The van der Waals surface area contributed by atoms with Crippen LogP contribution < -0.4 is 16.0 Å². The van der Waals surface area contributed by atoms with Crippen LogP contribution in [0.1, 0.15) is 6.42 Å². The molecule has 0 unspecified atom stereocenters. The van der Waals surface area contributed by atoms with E-state index in [1.807, 2.05) is 0 Å². The standard InChI is InChI=1S/C14H18Cl2N4O2/c15-10-2-1-3-11(16)13(10)20-8-6-19(7-9-20)12(21)4-5-18-14(17)22/h1-3H,4-9H2,(H3,17,18,22). The van der Waals surface area contributed by atoms with Gasteiger partial charge in [0.1, 0.15) is 0 Å². The molecule has 0 aromatic heterocycles. The highest BCUT2D eigenvalue weighted by atomic mass is 35.5. The van der Waals surface area contributed by atoms with Crippen molar-refractivity contribution in [2.24, 2.45) is 5.73 Å². The van der Waals surface area contributed by atoms with Crippen molar-refractivity contribution in [3.05, 3.63) is 28.2 Å². The molecule has 1 heterocycles. The summed E-state index contributed by atoms with van der Waals surface area (Å²) in [6.07, 6.45) is 0.246. The van der Waals surface area contributed by atoms with Crippen molar-refractivity contribution in [1.29, 1.82) is 0 Å². The minimum Gasteiger partial charge on any atom is -0.366 e. The zero-order chi connectivity index (χ0) is 16.1. The number of halogens is 2. The molecule has 6 nitrogen and oxygen atoms in total. The predicted molar refractivity (Wildman–Crippen MR) is 87.5 cm³/mol. The summed E-state index contributed by atoms with van der Waals surface area (Å²) in [6, 6.07) is 4.79. The number of benzene rings is 1. The van der Waals surface area contributed by atoms with Gasteiger partial charge in [0, 0.05) is 39.1 Å². The number of hydrogen-bond donors (Lipinski definition) is 2. The predicted octanol–water partition coefficient (Wildman–Crippen LogP) is 1.70. The molecular formula is C14H18Cl2N4O2. The Labute approximate surface area is 139 Å². The van der Waals surface area contributed by atoms with E-state index in [1.54, 1.807) is 23.1 Å². The second-order valence-electron chi connectivity index (χ2n) is 4.98. The Balaban J connectivity index is 1.88. The summed E-state index contributed by atoms with van der Waals surface area (Å²) in [7, 11) is 0. The Morgan fingerprint density at radius 3 is 2.27 bits per heavy atom. The Morgan fingerprint density at radius 1 is 1.14 bits per heavy atom. The molecule has 1 aliphatic heterocycles. The molecule has 0 saturated carbocycles. The number of carbonyl (C=O) groups excluding carboxylic acids is 2. The maximum Gasteiger partial charge on any atom is 0.312 e. The van der Waals surface area contributed by atoms with E-state index in [9.17, 15) is 9.59 Å². The molecule has 22 heavy (non-hydrogen) atoms. The molecule has 0 spiro atoms. The largest absolute Gasteiger partial charge is 0.366 e. The summed E-state index contributed by atoms with van der Waals surface area (Å²) in [5.74, 6) is -0.00124. The highest BCUT2D eigenvalue weighted by Gasteiger charge is 2.23. The third-order valence-electron chi connectivity index (χ3n) is 3.52. The number of nitrogens with zero attached hydrogens (tertiary/aromatic N) is 2. The van der Waals surface area contributed by atoms with Crippen molar-refractivity contribution in [2.75, 3.05) is 37.6 Å². The number of primary amides is 1. The SMILES string of the molecule is NC(=O)NCCC(=O)N1CCN(c2c(Cl)cccc2Cl)CC1. The van der Waals surface area contributed by atoms with Gasteiger partial charge >= 0.3 is 6.03 Å². The van der Waals surface area contributed by atoms with Crippen LogP contribution in [0.4, 0.5) is 10.5 Å². The van der Waals surface area contributed by atoms with Crippen molar-refractivity contribution >= 4 is 40.8 Å². The van der Waals surface area contributed by atoms with Crippen LogP contribution in [0.15, 0.2) is 18.2 Å². The lowest BCUT2D eigenvalue weighted by molar-refractivity contribution is -0.131. The molecular weight excluding hydrogens is 327 g/mol. The van der Waals surface area contributed by atoms with Gasteiger partial charge in [0.25, 0.3) is 0 Å². The number of anilines is 1. The normalized spacial score (nSPS) is 14.8. The number of carbonyl (C=O) groups is 2. The first-order valence-corrected chi connectivity index (χ1v) is 7.74. The minimum atomic E-state index is -0.619. The second-order valence-corrected chi connectivity index (χ2v) is 5.79. The zero-order valence-corrected chi connectivity index (χ0v) is 13.5. The molecule has 120 valence electrons. The van der Waals surface area contributed by atoms with Gasteiger partial charge in [-0.05, 0) is 12.1 Å². The molecule has 0 atom stereocenters. The summed E-state index contributed by atoms with van der Waals surface area (Å²) in [5, 5.41) is 3.63. The molecule has 1 aliphatic rings. The van der Waals surface area contributed by atoms with Gasteiger partial charge < -0.3 is 20.9 Å². The van der Waals surface area contributed by atoms with E-state index < -0.39 is 6.03 Å². The average Bonchev–Trinajstić information content (AvgIpc) is 2.47. The molecule has 1 aromatic rings. The Bertz CT molecular complexity index is 540. The fraction of sp³-hybridized carbons (Fsp3) is 0.429. The number of nitrogens with two attached hydrogens (primary N) is 1.